The van der Waals surface area contributed by atoms with Gasteiger partial charge in [-0.05, 0) is 31.5 Å². The summed E-state index contributed by atoms with van der Waals surface area (Å²) in [5.74, 6) is 0.0234. The van der Waals surface area contributed by atoms with Crippen molar-refractivity contribution in [2.75, 3.05) is 6.61 Å². The van der Waals surface area contributed by atoms with E-state index in [0.717, 1.165) is 11.1 Å². The molecule has 1 N–H and O–H groups in total. The van der Waals surface area contributed by atoms with E-state index in [1.807, 2.05) is 13.0 Å². The predicted molar refractivity (Wildman–Crippen MR) is 63.0 cm³/mol. The average Bonchev–Trinajstić information content (AvgIpc) is 2.21. The van der Waals surface area contributed by atoms with Gasteiger partial charge in [0, 0.05) is 0 Å². The lowest BCUT2D eigenvalue weighted by Crippen LogP contribution is -2.03. The molecule has 0 bridgehead atoms. The fourth-order valence-corrected chi connectivity index (χ4v) is 1.35. The highest BCUT2D eigenvalue weighted by molar-refractivity contribution is 5.74. The second-order valence-electron chi connectivity index (χ2n) is 3.56. The number of carbonyl (C=O) groups excluding carboxylic acids is 1. The van der Waals surface area contributed by atoms with Crippen molar-refractivity contribution in [2.45, 2.75) is 20.3 Å². The molecule has 1 aromatic carbocycles. The van der Waals surface area contributed by atoms with E-state index in [-0.39, 0.29) is 11.7 Å². The molecular weight excluding hydrogens is 204 g/mol. The number of phenolic OH excluding ortho intramolecular Hbond substituents is 1. The quantitative estimate of drug-likeness (QED) is 0.793. The molecule has 0 spiro atoms. The number of aromatic hydroxyl groups is 1. The maximum Gasteiger partial charge on any atom is 0.309 e. The van der Waals surface area contributed by atoms with Crippen LogP contribution in [0, 0.1) is 0 Å². The standard InChI is InChI=1S/C13H16O3/c1-3-16-13(15)9-10(2)8-11-4-6-12(14)7-5-11/h4-8,14H,3,9H2,1-2H3. The Hall–Kier alpha value is -1.77. The lowest BCUT2D eigenvalue weighted by Gasteiger charge is -2.02. The van der Waals surface area contributed by atoms with E-state index in [9.17, 15) is 4.79 Å². The first-order valence-electron chi connectivity index (χ1n) is 5.23. The van der Waals surface area contributed by atoms with Crippen molar-refractivity contribution >= 4 is 12.0 Å². The summed E-state index contributed by atoms with van der Waals surface area (Å²) in [6.07, 6.45) is 2.20. The van der Waals surface area contributed by atoms with Gasteiger partial charge >= 0.3 is 5.97 Å². The van der Waals surface area contributed by atoms with Crippen LogP contribution in [0.1, 0.15) is 25.8 Å². The molecule has 86 valence electrons. The molecule has 1 rings (SSSR count). The Kier molecular flexibility index (Phi) is 4.58. The van der Waals surface area contributed by atoms with Crippen molar-refractivity contribution < 1.29 is 14.6 Å². The minimum atomic E-state index is -0.213. The summed E-state index contributed by atoms with van der Waals surface area (Å²) in [6, 6.07) is 6.82. The third kappa shape index (κ3) is 4.17. The predicted octanol–water partition coefficient (Wildman–Crippen LogP) is 2.75. The maximum absolute atomic E-state index is 11.2. The summed E-state index contributed by atoms with van der Waals surface area (Å²) in [5.41, 5.74) is 1.89. The average molecular weight is 220 g/mol. The Morgan fingerprint density at radius 3 is 2.56 bits per heavy atom. The molecule has 0 amide bonds. The fraction of sp³-hybridized carbons (Fsp3) is 0.308. The van der Waals surface area contributed by atoms with E-state index in [2.05, 4.69) is 0 Å². The molecule has 0 saturated heterocycles. The lowest BCUT2D eigenvalue weighted by atomic mass is 10.1. The molecule has 1 aromatic rings. The van der Waals surface area contributed by atoms with Gasteiger partial charge in [-0.1, -0.05) is 23.8 Å². The SMILES string of the molecule is CCOC(=O)CC(C)=Cc1ccc(O)cc1. The summed E-state index contributed by atoms with van der Waals surface area (Å²) in [7, 11) is 0. The van der Waals surface area contributed by atoms with Crippen LogP contribution in [-0.2, 0) is 9.53 Å². The molecule has 0 aromatic heterocycles. The van der Waals surface area contributed by atoms with Crippen LogP contribution in [0.2, 0.25) is 0 Å². The minimum Gasteiger partial charge on any atom is -0.508 e. The highest BCUT2D eigenvalue weighted by Gasteiger charge is 2.02. The van der Waals surface area contributed by atoms with Crippen molar-refractivity contribution in [3.63, 3.8) is 0 Å². The van der Waals surface area contributed by atoms with E-state index in [1.54, 1.807) is 31.2 Å². The van der Waals surface area contributed by atoms with Gasteiger partial charge in [-0.15, -0.1) is 0 Å². The van der Waals surface area contributed by atoms with Crippen LogP contribution in [0.3, 0.4) is 0 Å². The maximum atomic E-state index is 11.2. The third-order valence-corrected chi connectivity index (χ3v) is 2.03. The molecule has 0 fully saturated rings. The van der Waals surface area contributed by atoms with Gasteiger partial charge in [-0.2, -0.15) is 0 Å². The zero-order valence-corrected chi connectivity index (χ0v) is 9.56. The van der Waals surface area contributed by atoms with Gasteiger partial charge in [0.2, 0.25) is 0 Å². The lowest BCUT2D eigenvalue weighted by molar-refractivity contribution is -0.142. The van der Waals surface area contributed by atoms with E-state index in [1.165, 1.54) is 0 Å². The van der Waals surface area contributed by atoms with Crippen molar-refractivity contribution in [2.24, 2.45) is 0 Å². The number of hydrogen-bond donors (Lipinski definition) is 1. The molecule has 0 heterocycles. The Labute approximate surface area is 95.4 Å². The second-order valence-corrected chi connectivity index (χ2v) is 3.56. The van der Waals surface area contributed by atoms with E-state index >= 15 is 0 Å². The Bertz CT molecular complexity index is 377. The van der Waals surface area contributed by atoms with Crippen LogP contribution in [0.15, 0.2) is 29.8 Å². The smallest absolute Gasteiger partial charge is 0.309 e. The zero-order valence-electron chi connectivity index (χ0n) is 9.56. The van der Waals surface area contributed by atoms with Gasteiger partial charge in [0.05, 0.1) is 13.0 Å². The van der Waals surface area contributed by atoms with Crippen LogP contribution >= 0.6 is 0 Å². The van der Waals surface area contributed by atoms with Crippen molar-refractivity contribution in [1.29, 1.82) is 0 Å². The highest BCUT2D eigenvalue weighted by Crippen LogP contribution is 2.14. The molecular formula is C13H16O3. The van der Waals surface area contributed by atoms with Gasteiger partial charge < -0.3 is 9.84 Å². The first-order valence-corrected chi connectivity index (χ1v) is 5.23. The van der Waals surface area contributed by atoms with Crippen LogP contribution < -0.4 is 0 Å². The van der Waals surface area contributed by atoms with Crippen LogP contribution in [0.25, 0.3) is 6.08 Å². The number of carbonyl (C=O) groups is 1. The molecule has 0 aliphatic carbocycles. The Morgan fingerprint density at radius 1 is 1.38 bits per heavy atom. The summed E-state index contributed by atoms with van der Waals surface area (Å²) in [5, 5.41) is 9.11. The molecule has 0 aliphatic rings. The number of benzene rings is 1. The minimum absolute atomic E-state index is 0.213. The van der Waals surface area contributed by atoms with Crippen LogP contribution in [0.4, 0.5) is 0 Å². The van der Waals surface area contributed by atoms with Crippen LogP contribution in [-0.4, -0.2) is 17.7 Å². The molecule has 0 saturated carbocycles. The van der Waals surface area contributed by atoms with Gasteiger partial charge in [0.1, 0.15) is 5.75 Å². The van der Waals surface area contributed by atoms with E-state index in [4.69, 9.17) is 9.84 Å². The second kappa shape index (κ2) is 5.95. The van der Waals surface area contributed by atoms with Crippen LogP contribution in [0.5, 0.6) is 5.75 Å². The molecule has 3 nitrogen and oxygen atoms in total. The van der Waals surface area contributed by atoms with Crippen molar-refractivity contribution in [3.05, 3.63) is 35.4 Å². The molecule has 0 aliphatic heterocycles. The van der Waals surface area contributed by atoms with E-state index in [0.29, 0.717) is 13.0 Å². The number of hydrogen-bond acceptors (Lipinski definition) is 3. The number of rotatable bonds is 4. The molecule has 16 heavy (non-hydrogen) atoms. The highest BCUT2D eigenvalue weighted by atomic mass is 16.5. The first kappa shape index (κ1) is 12.3. The summed E-state index contributed by atoms with van der Waals surface area (Å²) in [6.45, 7) is 4.08. The number of ether oxygens (including phenoxy) is 1. The first-order chi connectivity index (χ1) is 7.61. The van der Waals surface area contributed by atoms with Gasteiger partial charge in [0.15, 0.2) is 0 Å². The Morgan fingerprint density at radius 2 is 2.00 bits per heavy atom. The summed E-state index contributed by atoms with van der Waals surface area (Å²) >= 11 is 0. The Balaban J connectivity index is 2.62. The fourth-order valence-electron chi connectivity index (χ4n) is 1.35. The molecule has 0 unspecified atom stereocenters. The third-order valence-electron chi connectivity index (χ3n) is 2.03. The van der Waals surface area contributed by atoms with Crippen molar-refractivity contribution in [1.82, 2.24) is 0 Å². The number of phenols is 1. The topological polar surface area (TPSA) is 46.5 Å². The normalized spacial score (nSPS) is 11.2. The van der Waals surface area contributed by atoms with Crippen molar-refractivity contribution in [3.8, 4) is 5.75 Å². The molecule has 0 atom stereocenters. The van der Waals surface area contributed by atoms with E-state index < -0.39 is 0 Å². The van der Waals surface area contributed by atoms with Gasteiger partial charge in [-0.3, -0.25) is 4.79 Å². The summed E-state index contributed by atoms with van der Waals surface area (Å²) in [4.78, 5) is 11.2. The molecule has 0 radical (unpaired) electrons. The molecule has 3 heteroatoms. The van der Waals surface area contributed by atoms with Gasteiger partial charge in [0.25, 0.3) is 0 Å². The largest absolute Gasteiger partial charge is 0.508 e. The zero-order chi connectivity index (χ0) is 12.0. The summed E-state index contributed by atoms with van der Waals surface area (Å²) < 4.78 is 4.85. The monoisotopic (exact) mass is 220 g/mol. The number of esters is 1. The van der Waals surface area contributed by atoms with Gasteiger partial charge in [-0.25, -0.2) is 0 Å².